The number of nitrogens with one attached hydrogen (secondary N) is 3. The second-order valence-electron chi connectivity index (χ2n) is 10.7. The first-order valence-corrected chi connectivity index (χ1v) is 13.5. The number of hydrogen-bond donors (Lipinski definition) is 4. The van der Waals surface area contributed by atoms with Gasteiger partial charge >= 0.3 is 6.03 Å². The molecule has 5 aromatic rings. The SMILES string of the molecule is COc1ccc(-n2nc(C(C)(C)C)cc2NC(=O)Nc2ccc(Oc3ccnc(NC(=O)CO)c3)c3ccccc23)cc1. The van der Waals surface area contributed by atoms with Crippen molar-refractivity contribution in [2.45, 2.75) is 26.2 Å². The van der Waals surface area contributed by atoms with Gasteiger partial charge in [-0.05, 0) is 42.5 Å². The molecule has 0 atom stereocenters. The zero-order valence-electron chi connectivity index (χ0n) is 24.2. The lowest BCUT2D eigenvalue weighted by Crippen LogP contribution is -2.21. The summed E-state index contributed by atoms with van der Waals surface area (Å²) in [6.07, 6.45) is 1.49. The Bertz CT molecular complexity index is 1780. The van der Waals surface area contributed by atoms with Crippen molar-refractivity contribution in [2.75, 3.05) is 29.7 Å². The number of anilines is 3. The van der Waals surface area contributed by atoms with E-state index in [1.807, 2.05) is 54.6 Å². The molecule has 3 amide bonds. The number of carbonyl (C=O) groups excluding carboxylic acids is 2. The standard InChI is InChI=1S/C32H32N6O5/c1-32(2,3)27-18-29(38(37-27)20-9-11-21(42-4)12-10-20)36-31(41)34-25-13-14-26(24-8-6-5-7-23(24)25)43-22-15-16-33-28(17-22)35-30(40)19-39/h5-18,39H,19H2,1-4H3,(H,33,35,40)(H2,34,36,41). The molecule has 0 aliphatic carbocycles. The third-order valence-corrected chi connectivity index (χ3v) is 6.54. The molecule has 0 unspecified atom stereocenters. The Kier molecular flexibility index (Phi) is 8.26. The first-order chi connectivity index (χ1) is 20.6. The van der Waals surface area contributed by atoms with Crippen LogP contribution in [0, 0.1) is 0 Å². The molecule has 0 bridgehead atoms. The second kappa shape index (κ2) is 12.2. The second-order valence-corrected chi connectivity index (χ2v) is 10.7. The maximum absolute atomic E-state index is 13.3. The summed E-state index contributed by atoms with van der Waals surface area (Å²) < 4.78 is 13.1. The van der Waals surface area contributed by atoms with Crippen molar-refractivity contribution in [3.63, 3.8) is 0 Å². The van der Waals surface area contributed by atoms with Crippen LogP contribution in [0.25, 0.3) is 16.5 Å². The van der Waals surface area contributed by atoms with Crippen molar-refractivity contribution in [3.8, 4) is 22.9 Å². The Labute approximate surface area is 248 Å². The summed E-state index contributed by atoms with van der Waals surface area (Å²) in [6, 6.07) is 23.1. The highest BCUT2D eigenvalue weighted by Gasteiger charge is 2.22. The van der Waals surface area contributed by atoms with E-state index in [0.29, 0.717) is 23.0 Å². The molecule has 0 aliphatic heterocycles. The van der Waals surface area contributed by atoms with Crippen LogP contribution in [0.2, 0.25) is 0 Å². The van der Waals surface area contributed by atoms with Gasteiger partial charge in [0.15, 0.2) is 0 Å². The number of hydrogen-bond acceptors (Lipinski definition) is 7. The summed E-state index contributed by atoms with van der Waals surface area (Å²) in [6.45, 7) is 5.53. The number of rotatable bonds is 8. The van der Waals surface area contributed by atoms with Crippen molar-refractivity contribution in [3.05, 3.63) is 90.8 Å². The fraction of sp³-hybridized carbons (Fsp3) is 0.188. The molecule has 0 fully saturated rings. The Morgan fingerprint density at radius 2 is 1.63 bits per heavy atom. The minimum atomic E-state index is -0.652. The van der Waals surface area contributed by atoms with E-state index in [-0.39, 0.29) is 11.2 Å². The van der Waals surface area contributed by atoms with Gasteiger partial charge in [0.2, 0.25) is 0 Å². The minimum Gasteiger partial charge on any atom is -0.497 e. The number of urea groups is 1. The number of ether oxygens (including phenoxy) is 2. The Hall–Kier alpha value is -5.42. The average Bonchev–Trinajstić information content (AvgIpc) is 3.43. The van der Waals surface area contributed by atoms with Crippen molar-refractivity contribution in [1.29, 1.82) is 0 Å². The van der Waals surface area contributed by atoms with E-state index in [4.69, 9.17) is 19.7 Å². The predicted molar refractivity (Wildman–Crippen MR) is 165 cm³/mol. The molecule has 0 spiro atoms. The quantitative estimate of drug-likeness (QED) is 0.174. The van der Waals surface area contributed by atoms with Gasteiger partial charge in [-0.15, -0.1) is 0 Å². The van der Waals surface area contributed by atoms with E-state index in [9.17, 15) is 9.59 Å². The molecule has 3 aromatic carbocycles. The highest BCUT2D eigenvalue weighted by atomic mass is 16.5. The monoisotopic (exact) mass is 580 g/mol. The molecule has 0 saturated heterocycles. The molecule has 5 rings (SSSR count). The normalized spacial score (nSPS) is 11.2. The number of pyridine rings is 1. The maximum atomic E-state index is 13.3. The van der Waals surface area contributed by atoms with Crippen molar-refractivity contribution in [2.24, 2.45) is 0 Å². The van der Waals surface area contributed by atoms with Gasteiger partial charge < -0.3 is 25.2 Å². The van der Waals surface area contributed by atoms with Crippen LogP contribution in [0.3, 0.4) is 0 Å². The van der Waals surface area contributed by atoms with Crippen LogP contribution in [-0.4, -0.2) is 45.5 Å². The van der Waals surface area contributed by atoms with E-state index < -0.39 is 18.5 Å². The largest absolute Gasteiger partial charge is 0.497 e. The van der Waals surface area contributed by atoms with E-state index in [2.05, 4.69) is 41.7 Å². The zero-order valence-corrected chi connectivity index (χ0v) is 24.2. The average molecular weight is 581 g/mol. The minimum absolute atomic E-state index is 0.239. The number of aliphatic hydroxyl groups excluding tert-OH is 1. The van der Waals surface area contributed by atoms with Crippen LogP contribution in [-0.2, 0) is 10.2 Å². The highest BCUT2D eigenvalue weighted by molar-refractivity contribution is 6.07. The van der Waals surface area contributed by atoms with Crippen LogP contribution in [0.5, 0.6) is 17.2 Å². The lowest BCUT2D eigenvalue weighted by atomic mass is 9.92. The number of aliphatic hydroxyl groups is 1. The third-order valence-electron chi connectivity index (χ3n) is 6.54. The van der Waals surface area contributed by atoms with Crippen LogP contribution < -0.4 is 25.4 Å². The third kappa shape index (κ3) is 6.74. The lowest BCUT2D eigenvalue weighted by molar-refractivity contribution is -0.118. The molecule has 0 aliphatic rings. The van der Waals surface area contributed by atoms with Crippen LogP contribution in [0.1, 0.15) is 26.5 Å². The number of benzene rings is 3. The molecule has 220 valence electrons. The molecule has 4 N–H and O–H groups in total. The summed E-state index contributed by atoms with van der Waals surface area (Å²) in [5, 5.41) is 23.7. The van der Waals surface area contributed by atoms with Crippen LogP contribution in [0.15, 0.2) is 85.1 Å². The van der Waals surface area contributed by atoms with Crippen LogP contribution in [0.4, 0.5) is 22.1 Å². The number of nitrogens with zero attached hydrogens (tertiary/aromatic N) is 3. The van der Waals surface area contributed by atoms with Gasteiger partial charge in [-0.25, -0.2) is 14.5 Å². The summed E-state index contributed by atoms with van der Waals surface area (Å²) in [4.78, 5) is 28.9. The molecular weight excluding hydrogens is 548 g/mol. The number of fused-ring (bicyclic) bond motifs is 1. The number of amides is 3. The smallest absolute Gasteiger partial charge is 0.324 e. The molecule has 2 aromatic heterocycles. The van der Waals surface area contributed by atoms with Gasteiger partial charge in [0, 0.05) is 34.5 Å². The maximum Gasteiger partial charge on any atom is 0.324 e. The van der Waals surface area contributed by atoms with Crippen molar-refractivity contribution < 1.29 is 24.2 Å². The molecule has 43 heavy (non-hydrogen) atoms. The first-order valence-electron chi connectivity index (χ1n) is 13.5. The van der Waals surface area contributed by atoms with Gasteiger partial charge in [0.25, 0.3) is 5.91 Å². The first kappa shape index (κ1) is 29.1. The summed E-state index contributed by atoms with van der Waals surface area (Å²) in [5.74, 6) is 1.88. The van der Waals surface area contributed by atoms with E-state index in [0.717, 1.165) is 27.9 Å². The predicted octanol–water partition coefficient (Wildman–Crippen LogP) is 6.09. The summed E-state index contributed by atoms with van der Waals surface area (Å²) >= 11 is 0. The Morgan fingerprint density at radius 3 is 2.33 bits per heavy atom. The molecule has 2 heterocycles. The number of carbonyl (C=O) groups is 2. The summed E-state index contributed by atoms with van der Waals surface area (Å²) in [7, 11) is 1.61. The Morgan fingerprint density at radius 1 is 0.884 bits per heavy atom. The molecular formula is C32H32N6O5. The summed E-state index contributed by atoms with van der Waals surface area (Å²) in [5.41, 5.74) is 1.93. The zero-order chi connectivity index (χ0) is 30.6. The fourth-order valence-electron chi connectivity index (χ4n) is 4.35. The van der Waals surface area contributed by atoms with Gasteiger partial charge in [-0.1, -0.05) is 45.0 Å². The molecule has 0 radical (unpaired) electrons. The Balaban J connectivity index is 1.39. The molecule has 11 nitrogen and oxygen atoms in total. The van der Waals surface area contributed by atoms with Gasteiger partial charge in [0.05, 0.1) is 24.2 Å². The van der Waals surface area contributed by atoms with Crippen molar-refractivity contribution >= 4 is 40.0 Å². The fourth-order valence-corrected chi connectivity index (χ4v) is 4.35. The van der Waals surface area contributed by atoms with Crippen molar-refractivity contribution in [1.82, 2.24) is 14.8 Å². The van der Waals surface area contributed by atoms with Gasteiger partial charge in [-0.3, -0.25) is 10.1 Å². The van der Waals surface area contributed by atoms with Gasteiger partial charge in [0.1, 0.15) is 35.5 Å². The number of methoxy groups -OCH3 is 1. The molecule has 0 saturated carbocycles. The van der Waals surface area contributed by atoms with Gasteiger partial charge in [-0.2, -0.15) is 5.10 Å². The number of aromatic nitrogens is 3. The lowest BCUT2D eigenvalue weighted by Gasteiger charge is -2.14. The molecule has 11 heteroatoms. The highest BCUT2D eigenvalue weighted by Crippen LogP contribution is 2.35. The van der Waals surface area contributed by atoms with Crippen LogP contribution >= 0.6 is 0 Å². The van der Waals surface area contributed by atoms with E-state index >= 15 is 0 Å². The van der Waals surface area contributed by atoms with E-state index in [1.54, 1.807) is 36.1 Å². The topological polar surface area (TPSA) is 140 Å². The van der Waals surface area contributed by atoms with E-state index in [1.165, 1.54) is 6.20 Å².